The number of benzene rings is 1. The van der Waals surface area contributed by atoms with E-state index in [1.807, 2.05) is 6.92 Å². The molecule has 0 bridgehead atoms. The second kappa shape index (κ2) is 5.46. The maximum Gasteiger partial charge on any atom is 0.144 e. The Morgan fingerprint density at radius 3 is 2.56 bits per heavy atom. The molecule has 0 saturated heterocycles. The van der Waals surface area contributed by atoms with Gasteiger partial charge in [0.25, 0.3) is 0 Å². The van der Waals surface area contributed by atoms with E-state index in [1.54, 1.807) is 6.07 Å². The highest BCUT2D eigenvalue weighted by atomic mass is 35.5. The number of nitrogens with one attached hydrogen (secondary N) is 1. The molecule has 2 nitrogen and oxygen atoms in total. The van der Waals surface area contributed by atoms with Gasteiger partial charge in [0.05, 0.1) is 21.2 Å². The fourth-order valence-electron chi connectivity index (χ4n) is 2.28. The van der Waals surface area contributed by atoms with E-state index in [0.717, 1.165) is 12.0 Å². The Bertz CT molecular complexity index is 462. The van der Waals surface area contributed by atoms with Crippen LogP contribution in [0.3, 0.4) is 0 Å². The highest BCUT2D eigenvalue weighted by Crippen LogP contribution is 2.46. The van der Waals surface area contributed by atoms with Crippen LogP contribution in [0.4, 0.5) is 0 Å². The molecule has 5 heteroatoms. The van der Waals surface area contributed by atoms with Crippen LogP contribution in [0.25, 0.3) is 0 Å². The fourth-order valence-corrected chi connectivity index (χ4v) is 3.08. The molecule has 1 N–H and O–H groups in total. The van der Waals surface area contributed by atoms with Gasteiger partial charge in [0.15, 0.2) is 0 Å². The van der Waals surface area contributed by atoms with Gasteiger partial charge in [-0.3, -0.25) is 0 Å². The summed E-state index contributed by atoms with van der Waals surface area (Å²) >= 11 is 18.6. The molecule has 1 aliphatic heterocycles. The van der Waals surface area contributed by atoms with Crippen LogP contribution in [-0.2, 0) is 0 Å². The summed E-state index contributed by atoms with van der Waals surface area (Å²) in [6, 6.07) is 2.10. The second-order valence-electron chi connectivity index (χ2n) is 4.94. The van der Waals surface area contributed by atoms with Gasteiger partial charge in [-0.2, -0.15) is 0 Å². The monoisotopic (exact) mass is 307 g/mol. The first kappa shape index (κ1) is 14.3. The van der Waals surface area contributed by atoms with Crippen LogP contribution in [0.5, 0.6) is 5.75 Å². The van der Waals surface area contributed by atoms with E-state index in [0.29, 0.717) is 26.9 Å². The smallest absolute Gasteiger partial charge is 0.144 e. The number of hydrogen-bond donors (Lipinski definition) is 1. The average Bonchev–Trinajstić information content (AvgIpc) is 2.24. The minimum atomic E-state index is 0.100. The molecule has 1 heterocycles. The summed E-state index contributed by atoms with van der Waals surface area (Å²) in [5.41, 5.74) is 0.876. The van der Waals surface area contributed by atoms with Gasteiger partial charge in [0.1, 0.15) is 5.75 Å². The van der Waals surface area contributed by atoms with Gasteiger partial charge in [-0.1, -0.05) is 48.7 Å². The predicted octanol–water partition coefficient (Wildman–Crippen LogP) is 4.86. The molecule has 0 fully saturated rings. The van der Waals surface area contributed by atoms with Crippen molar-refractivity contribution in [2.75, 3.05) is 0 Å². The molecule has 1 aromatic rings. The van der Waals surface area contributed by atoms with Crippen molar-refractivity contribution < 1.29 is 4.74 Å². The molecule has 18 heavy (non-hydrogen) atoms. The normalized spacial score (nSPS) is 22.8. The van der Waals surface area contributed by atoms with Gasteiger partial charge in [-0.25, -0.2) is 0 Å². The summed E-state index contributed by atoms with van der Waals surface area (Å²) < 4.78 is 5.80. The van der Waals surface area contributed by atoms with Crippen molar-refractivity contribution in [1.82, 2.24) is 5.32 Å². The van der Waals surface area contributed by atoms with E-state index >= 15 is 0 Å². The molecule has 0 amide bonds. The molecule has 1 aromatic carbocycles. The molecule has 1 aliphatic rings. The quantitative estimate of drug-likeness (QED) is 0.788. The Hall–Kier alpha value is -0.150. The maximum absolute atomic E-state index is 6.30. The van der Waals surface area contributed by atoms with Gasteiger partial charge in [0, 0.05) is 24.1 Å². The lowest BCUT2D eigenvalue weighted by Crippen LogP contribution is -2.35. The summed E-state index contributed by atoms with van der Waals surface area (Å²) in [6.45, 7) is 6.22. The molecule has 0 spiro atoms. The van der Waals surface area contributed by atoms with E-state index in [2.05, 4.69) is 19.2 Å². The van der Waals surface area contributed by atoms with Crippen molar-refractivity contribution in [3.63, 3.8) is 0 Å². The molecule has 2 atom stereocenters. The zero-order chi connectivity index (χ0) is 13.4. The van der Waals surface area contributed by atoms with Crippen molar-refractivity contribution in [2.24, 2.45) is 0 Å². The Morgan fingerprint density at radius 1 is 1.28 bits per heavy atom. The first-order valence-corrected chi connectivity index (χ1v) is 7.13. The van der Waals surface area contributed by atoms with E-state index in [4.69, 9.17) is 39.5 Å². The largest absolute Gasteiger partial charge is 0.489 e. The van der Waals surface area contributed by atoms with E-state index in [1.165, 1.54) is 0 Å². The zero-order valence-electron chi connectivity index (χ0n) is 10.6. The van der Waals surface area contributed by atoms with E-state index in [-0.39, 0.29) is 12.1 Å². The van der Waals surface area contributed by atoms with Crippen molar-refractivity contribution in [2.45, 2.75) is 45.4 Å². The van der Waals surface area contributed by atoms with Crippen LogP contribution in [0.1, 0.15) is 38.8 Å². The Morgan fingerprint density at radius 2 is 1.94 bits per heavy atom. The van der Waals surface area contributed by atoms with Crippen LogP contribution in [0.15, 0.2) is 6.07 Å². The van der Waals surface area contributed by atoms with Crippen LogP contribution in [0, 0.1) is 0 Å². The lowest BCUT2D eigenvalue weighted by Gasteiger charge is -2.33. The molecule has 0 aliphatic carbocycles. The molecule has 2 unspecified atom stereocenters. The van der Waals surface area contributed by atoms with Crippen LogP contribution in [0.2, 0.25) is 15.1 Å². The number of ether oxygens (including phenoxy) is 1. The number of rotatable bonds is 2. The van der Waals surface area contributed by atoms with Crippen LogP contribution >= 0.6 is 34.8 Å². The molecule has 0 radical (unpaired) electrons. The lowest BCUT2D eigenvalue weighted by atomic mass is 9.96. The molecule has 0 aromatic heterocycles. The van der Waals surface area contributed by atoms with Crippen molar-refractivity contribution in [3.8, 4) is 5.75 Å². The minimum Gasteiger partial charge on any atom is -0.489 e. The van der Waals surface area contributed by atoms with Crippen LogP contribution < -0.4 is 10.1 Å². The van der Waals surface area contributed by atoms with Crippen molar-refractivity contribution >= 4 is 34.8 Å². The topological polar surface area (TPSA) is 21.3 Å². The van der Waals surface area contributed by atoms with Gasteiger partial charge >= 0.3 is 0 Å². The van der Waals surface area contributed by atoms with Gasteiger partial charge in [-0.15, -0.1) is 0 Å². The highest BCUT2D eigenvalue weighted by Gasteiger charge is 2.31. The van der Waals surface area contributed by atoms with Crippen molar-refractivity contribution in [1.29, 1.82) is 0 Å². The lowest BCUT2D eigenvalue weighted by molar-refractivity contribution is 0.164. The molecule has 2 rings (SSSR count). The second-order valence-corrected chi connectivity index (χ2v) is 6.13. The summed E-state index contributed by atoms with van der Waals surface area (Å²) in [7, 11) is 0. The van der Waals surface area contributed by atoms with Crippen molar-refractivity contribution in [3.05, 3.63) is 26.7 Å². The van der Waals surface area contributed by atoms with Crippen LogP contribution in [-0.4, -0.2) is 12.1 Å². The fraction of sp³-hybridized carbons (Fsp3) is 0.538. The summed E-state index contributed by atoms with van der Waals surface area (Å²) in [5.74, 6) is 0.656. The molecular formula is C13H16Cl3NO. The van der Waals surface area contributed by atoms with Gasteiger partial charge in [-0.05, 0) is 13.0 Å². The van der Waals surface area contributed by atoms with E-state index in [9.17, 15) is 0 Å². The Kier molecular flexibility index (Phi) is 4.32. The predicted molar refractivity (Wildman–Crippen MR) is 77.2 cm³/mol. The number of hydrogen-bond acceptors (Lipinski definition) is 2. The average molecular weight is 309 g/mol. The summed E-state index contributed by atoms with van der Waals surface area (Å²) in [6.07, 6.45) is 0.949. The summed E-state index contributed by atoms with van der Waals surface area (Å²) in [5, 5.41) is 4.99. The first-order valence-electron chi connectivity index (χ1n) is 6.00. The summed E-state index contributed by atoms with van der Waals surface area (Å²) in [4.78, 5) is 0. The first-order chi connectivity index (χ1) is 8.40. The maximum atomic E-state index is 6.30. The Labute approximate surface area is 123 Å². The third-order valence-electron chi connectivity index (χ3n) is 2.93. The Balaban J connectivity index is 2.52. The van der Waals surface area contributed by atoms with Gasteiger partial charge < -0.3 is 10.1 Å². The third kappa shape index (κ3) is 2.72. The minimum absolute atomic E-state index is 0.100. The highest BCUT2D eigenvalue weighted by molar-refractivity contribution is 6.44. The SMILES string of the molecule is CC(C)NC1CC(C)Oc2c(Cl)cc(Cl)c(Cl)c21. The molecule has 0 saturated carbocycles. The van der Waals surface area contributed by atoms with E-state index < -0.39 is 0 Å². The standard InChI is InChI=1S/C13H16Cl3NO/c1-6(2)17-10-4-7(3)18-13-9(15)5-8(14)12(16)11(10)13/h5-7,10,17H,4H2,1-3H3. The molecular weight excluding hydrogens is 293 g/mol. The number of fused-ring (bicyclic) bond motifs is 1. The zero-order valence-corrected chi connectivity index (χ0v) is 12.8. The number of halogens is 3. The third-order valence-corrected chi connectivity index (χ3v) is 4.01. The van der Waals surface area contributed by atoms with Gasteiger partial charge in [0.2, 0.25) is 0 Å². The molecule has 100 valence electrons.